The summed E-state index contributed by atoms with van der Waals surface area (Å²) in [5.74, 6) is 0.774. The van der Waals surface area contributed by atoms with E-state index in [2.05, 4.69) is 41.4 Å². The lowest BCUT2D eigenvalue weighted by Gasteiger charge is -2.19. The molecule has 0 aliphatic rings. The second-order valence-corrected chi connectivity index (χ2v) is 11.0. The molecule has 1 amide bonds. The van der Waals surface area contributed by atoms with Gasteiger partial charge in [-0.15, -0.1) is 0 Å². The Labute approximate surface area is 238 Å². The fraction of sp³-hybridized carbons (Fsp3) is 0.188. The molecule has 0 aliphatic heterocycles. The van der Waals surface area contributed by atoms with Crippen molar-refractivity contribution in [3.8, 4) is 0 Å². The Balaban J connectivity index is 1.50. The summed E-state index contributed by atoms with van der Waals surface area (Å²) < 4.78 is 0. The summed E-state index contributed by atoms with van der Waals surface area (Å²) in [4.78, 5) is 29.0. The molecule has 3 aromatic carbocycles. The van der Waals surface area contributed by atoms with Gasteiger partial charge in [0, 0.05) is 26.7 Å². The Kier molecular flexibility index (Phi) is 8.26. The van der Waals surface area contributed by atoms with Crippen LogP contribution in [-0.4, -0.2) is 20.9 Å². The number of carbonyl (C=O) groups excluding carboxylic acids is 1. The van der Waals surface area contributed by atoms with Crippen LogP contribution in [0.4, 0.5) is 17.2 Å². The normalized spacial score (nSPS) is 11.9. The SMILES string of the molecule is CC[C@@H](NC(=O)c1ccc(Sc2ccc(N)cc2)c(Nc2ncnc3nc(C(C)C)ccc23)c1)c1ccccc1. The van der Waals surface area contributed by atoms with Gasteiger partial charge in [0.1, 0.15) is 12.1 Å². The number of hydrogen-bond donors (Lipinski definition) is 3. The zero-order chi connectivity index (χ0) is 28.1. The molecule has 0 unspecified atom stereocenters. The lowest BCUT2D eigenvalue weighted by Crippen LogP contribution is -2.28. The largest absolute Gasteiger partial charge is 0.399 e. The number of aromatic nitrogens is 3. The van der Waals surface area contributed by atoms with E-state index in [9.17, 15) is 4.79 Å². The second kappa shape index (κ2) is 12.2. The molecule has 5 aromatic rings. The third-order valence-corrected chi connectivity index (χ3v) is 7.71. The molecule has 0 radical (unpaired) electrons. The first-order valence-electron chi connectivity index (χ1n) is 13.3. The van der Waals surface area contributed by atoms with Gasteiger partial charge in [-0.3, -0.25) is 4.79 Å². The fourth-order valence-corrected chi connectivity index (χ4v) is 5.26. The first kappa shape index (κ1) is 27.1. The molecule has 4 N–H and O–H groups in total. The number of nitrogens with two attached hydrogens (primary N) is 1. The van der Waals surface area contributed by atoms with Gasteiger partial charge in [-0.05, 0) is 72.5 Å². The van der Waals surface area contributed by atoms with Gasteiger partial charge < -0.3 is 16.4 Å². The molecule has 5 rings (SSSR count). The maximum atomic E-state index is 13.4. The van der Waals surface area contributed by atoms with Gasteiger partial charge in [0.25, 0.3) is 5.91 Å². The first-order chi connectivity index (χ1) is 19.4. The Morgan fingerprint density at radius 2 is 1.73 bits per heavy atom. The van der Waals surface area contributed by atoms with Crippen molar-refractivity contribution in [2.24, 2.45) is 0 Å². The quantitative estimate of drug-likeness (QED) is 0.164. The summed E-state index contributed by atoms with van der Waals surface area (Å²) in [6.07, 6.45) is 2.29. The van der Waals surface area contributed by atoms with Crippen molar-refractivity contribution >= 4 is 45.9 Å². The predicted octanol–water partition coefficient (Wildman–Crippen LogP) is 7.51. The fourth-order valence-electron chi connectivity index (χ4n) is 4.37. The highest BCUT2D eigenvalue weighted by Gasteiger charge is 2.17. The van der Waals surface area contributed by atoms with E-state index >= 15 is 0 Å². The van der Waals surface area contributed by atoms with Crippen molar-refractivity contribution in [3.63, 3.8) is 0 Å². The summed E-state index contributed by atoms with van der Waals surface area (Å²) in [6, 6.07) is 27.3. The van der Waals surface area contributed by atoms with Crippen LogP contribution in [0.1, 0.15) is 60.8 Å². The number of hydrogen-bond acceptors (Lipinski definition) is 7. The summed E-state index contributed by atoms with van der Waals surface area (Å²) in [5, 5.41) is 7.47. The summed E-state index contributed by atoms with van der Waals surface area (Å²) in [5.41, 5.74) is 10.6. The molecular weight excluding hydrogens is 516 g/mol. The van der Waals surface area contributed by atoms with Gasteiger partial charge in [0.2, 0.25) is 0 Å². The lowest BCUT2D eigenvalue weighted by atomic mass is 10.0. The number of rotatable bonds is 9. The third kappa shape index (κ3) is 6.24. The van der Waals surface area contributed by atoms with Crippen LogP contribution in [0.15, 0.2) is 101 Å². The van der Waals surface area contributed by atoms with Crippen LogP contribution in [0.5, 0.6) is 0 Å². The van der Waals surface area contributed by atoms with E-state index in [-0.39, 0.29) is 17.9 Å². The van der Waals surface area contributed by atoms with Crippen molar-refractivity contribution in [2.45, 2.75) is 48.9 Å². The molecule has 0 aliphatic carbocycles. The highest BCUT2D eigenvalue weighted by Crippen LogP contribution is 2.37. The third-order valence-electron chi connectivity index (χ3n) is 6.63. The van der Waals surface area contributed by atoms with Crippen molar-refractivity contribution in [2.75, 3.05) is 11.1 Å². The average Bonchev–Trinajstić information content (AvgIpc) is 2.98. The number of nitrogens with zero attached hydrogens (tertiary/aromatic N) is 3. The minimum atomic E-state index is -0.140. The van der Waals surface area contributed by atoms with Crippen LogP contribution >= 0.6 is 11.8 Å². The van der Waals surface area contributed by atoms with Crippen LogP contribution < -0.4 is 16.4 Å². The molecular formula is C32H32N6OS. The number of pyridine rings is 1. The van der Waals surface area contributed by atoms with Gasteiger partial charge in [0.15, 0.2) is 5.65 Å². The predicted molar refractivity (Wildman–Crippen MR) is 163 cm³/mol. The Morgan fingerprint density at radius 3 is 2.45 bits per heavy atom. The zero-order valence-electron chi connectivity index (χ0n) is 22.8. The molecule has 2 heterocycles. The van der Waals surface area contributed by atoms with E-state index in [1.165, 1.54) is 6.33 Å². The highest BCUT2D eigenvalue weighted by molar-refractivity contribution is 7.99. The Morgan fingerprint density at radius 1 is 0.950 bits per heavy atom. The van der Waals surface area contributed by atoms with Gasteiger partial charge in [-0.1, -0.05) is 62.9 Å². The summed E-state index contributed by atoms with van der Waals surface area (Å²) >= 11 is 1.58. The number of amides is 1. The van der Waals surface area contributed by atoms with Crippen molar-refractivity contribution in [1.29, 1.82) is 0 Å². The number of nitrogen functional groups attached to an aromatic ring is 1. The standard InChI is InChI=1S/C32H32N6OS/c1-4-26(21-8-6-5-7-9-21)38-32(39)22-10-17-29(40-24-13-11-23(33)12-14-24)28(18-22)37-31-25-15-16-27(20(2)3)36-30(25)34-19-35-31/h5-20,26H,4,33H2,1-3H3,(H,38,39)(H,34,35,36,37)/t26-/m1/s1. The van der Waals surface area contributed by atoms with E-state index in [1.54, 1.807) is 11.8 Å². The molecule has 0 saturated heterocycles. The van der Waals surface area contributed by atoms with Gasteiger partial charge in [-0.25, -0.2) is 15.0 Å². The van der Waals surface area contributed by atoms with E-state index in [4.69, 9.17) is 10.7 Å². The molecule has 0 spiro atoms. The van der Waals surface area contributed by atoms with Crippen molar-refractivity contribution < 1.29 is 4.79 Å². The molecule has 0 fully saturated rings. The Bertz CT molecular complexity index is 1620. The number of nitrogens with one attached hydrogen (secondary N) is 2. The minimum Gasteiger partial charge on any atom is -0.399 e. The van der Waals surface area contributed by atoms with E-state index in [0.29, 0.717) is 22.7 Å². The monoisotopic (exact) mass is 548 g/mol. The number of fused-ring (bicyclic) bond motifs is 1. The molecule has 202 valence electrons. The van der Waals surface area contributed by atoms with Crippen LogP contribution in [-0.2, 0) is 0 Å². The lowest BCUT2D eigenvalue weighted by molar-refractivity contribution is 0.0935. The molecule has 7 nitrogen and oxygen atoms in total. The van der Waals surface area contributed by atoms with E-state index < -0.39 is 0 Å². The molecule has 40 heavy (non-hydrogen) atoms. The molecule has 2 aromatic heterocycles. The number of benzene rings is 3. The van der Waals surface area contributed by atoms with Crippen LogP contribution in [0, 0.1) is 0 Å². The van der Waals surface area contributed by atoms with Gasteiger partial charge in [0.05, 0.1) is 17.1 Å². The van der Waals surface area contributed by atoms with Gasteiger partial charge >= 0.3 is 0 Å². The number of anilines is 3. The van der Waals surface area contributed by atoms with Crippen molar-refractivity contribution in [3.05, 3.63) is 108 Å². The van der Waals surface area contributed by atoms with E-state index in [1.807, 2.05) is 84.9 Å². The first-order valence-corrected chi connectivity index (χ1v) is 14.1. The smallest absolute Gasteiger partial charge is 0.251 e. The molecule has 8 heteroatoms. The maximum absolute atomic E-state index is 13.4. The number of carbonyl (C=O) groups is 1. The van der Waals surface area contributed by atoms with Crippen LogP contribution in [0.2, 0.25) is 0 Å². The maximum Gasteiger partial charge on any atom is 0.251 e. The highest BCUT2D eigenvalue weighted by atomic mass is 32.2. The topological polar surface area (TPSA) is 106 Å². The average molecular weight is 549 g/mol. The van der Waals surface area contributed by atoms with Crippen molar-refractivity contribution in [1.82, 2.24) is 20.3 Å². The zero-order valence-corrected chi connectivity index (χ0v) is 23.6. The Hall–Kier alpha value is -4.43. The molecule has 1 atom stereocenters. The summed E-state index contributed by atoms with van der Waals surface area (Å²) in [7, 11) is 0. The van der Waals surface area contributed by atoms with Crippen LogP contribution in [0.3, 0.4) is 0 Å². The van der Waals surface area contributed by atoms with Gasteiger partial charge in [-0.2, -0.15) is 0 Å². The summed E-state index contributed by atoms with van der Waals surface area (Å²) in [6.45, 7) is 6.27. The van der Waals surface area contributed by atoms with Crippen LogP contribution in [0.25, 0.3) is 11.0 Å². The molecule has 0 bridgehead atoms. The second-order valence-electron chi connectivity index (χ2n) is 9.84. The minimum absolute atomic E-state index is 0.0824. The van der Waals surface area contributed by atoms with E-state index in [0.717, 1.165) is 38.5 Å². The molecule has 0 saturated carbocycles.